The molecule has 0 saturated heterocycles. The van der Waals surface area contributed by atoms with Crippen LogP contribution < -0.4 is 5.32 Å². The van der Waals surface area contributed by atoms with Crippen molar-refractivity contribution in [3.05, 3.63) is 29.3 Å². The maximum absolute atomic E-state index is 3.59. The Morgan fingerprint density at radius 1 is 1.25 bits per heavy atom. The van der Waals surface area contributed by atoms with E-state index in [1.807, 2.05) is 11.8 Å². The Hall–Kier alpha value is -0.470. The van der Waals surface area contributed by atoms with Crippen LogP contribution in [0.3, 0.4) is 0 Å². The number of hydrogen-bond donors (Lipinski definition) is 1. The Kier molecular flexibility index (Phi) is 5.93. The van der Waals surface area contributed by atoms with Crippen LogP contribution >= 0.6 is 11.8 Å². The van der Waals surface area contributed by atoms with Gasteiger partial charge in [-0.2, -0.15) is 0 Å². The summed E-state index contributed by atoms with van der Waals surface area (Å²) in [6.45, 7) is 7.65. The number of benzene rings is 1. The van der Waals surface area contributed by atoms with Crippen LogP contribution in [0.1, 0.15) is 37.8 Å². The van der Waals surface area contributed by atoms with Crippen LogP contribution in [0.2, 0.25) is 0 Å². The third kappa shape index (κ3) is 3.84. The third-order valence-electron chi connectivity index (χ3n) is 3.04. The van der Waals surface area contributed by atoms with Crippen LogP contribution in [-0.2, 0) is 6.54 Å². The van der Waals surface area contributed by atoms with Gasteiger partial charge in [0.2, 0.25) is 0 Å². The monoisotopic (exact) mass is 237 g/mol. The zero-order valence-electron chi connectivity index (χ0n) is 10.8. The quantitative estimate of drug-likeness (QED) is 0.751. The van der Waals surface area contributed by atoms with Gasteiger partial charge in [0.05, 0.1) is 0 Å². The molecule has 1 rings (SSSR count). The molecule has 0 bridgehead atoms. The molecule has 90 valence electrons. The molecule has 0 fully saturated rings. The first-order valence-electron chi connectivity index (χ1n) is 6.08. The molecule has 1 aromatic rings. The van der Waals surface area contributed by atoms with Crippen LogP contribution in [0.5, 0.6) is 0 Å². The maximum atomic E-state index is 3.59. The van der Waals surface area contributed by atoms with E-state index in [9.17, 15) is 0 Å². The average molecular weight is 237 g/mol. The molecular weight excluding hydrogens is 214 g/mol. The van der Waals surface area contributed by atoms with Crippen LogP contribution in [0.15, 0.2) is 23.1 Å². The van der Waals surface area contributed by atoms with Gasteiger partial charge in [-0.1, -0.05) is 26.0 Å². The molecule has 0 atom stereocenters. The fraction of sp³-hybridized carbons (Fsp3) is 0.571. The lowest BCUT2D eigenvalue weighted by Gasteiger charge is -2.15. The predicted molar refractivity (Wildman–Crippen MR) is 74.2 cm³/mol. The standard InChI is InChI=1S/C14H23NS/c1-5-13(6-2)15-10-12-7-8-14(16-4)11(3)9-12/h7-9,13,15H,5-6,10H2,1-4H3. The Morgan fingerprint density at radius 2 is 1.94 bits per heavy atom. The van der Waals surface area contributed by atoms with Crippen molar-refractivity contribution in [2.45, 2.75) is 51.1 Å². The van der Waals surface area contributed by atoms with E-state index in [-0.39, 0.29) is 0 Å². The lowest BCUT2D eigenvalue weighted by molar-refractivity contribution is 0.484. The van der Waals surface area contributed by atoms with Crippen LogP contribution in [0.4, 0.5) is 0 Å². The molecule has 0 heterocycles. The Bertz CT molecular complexity index is 319. The van der Waals surface area contributed by atoms with Crippen molar-refractivity contribution >= 4 is 11.8 Å². The van der Waals surface area contributed by atoms with Crippen molar-refractivity contribution in [3.8, 4) is 0 Å². The molecule has 0 saturated carbocycles. The van der Waals surface area contributed by atoms with Gasteiger partial charge in [-0.3, -0.25) is 0 Å². The van der Waals surface area contributed by atoms with Gasteiger partial charge < -0.3 is 5.32 Å². The second-order valence-electron chi connectivity index (χ2n) is 4.20. The SMILES string of the molecule is CCC(CC)NCc1ccc(SC)c(C)c1. The minimum absolute atomic E-state index is 0.653. The summed E-state index contributed by atoms with van der Waals surface area (Å²) in [6, 6.07) is 7.40. The molecule has 0 aliphatic rings. The molecule has 1 N–H and O–H groups in total. The second kappa shape index (κ2) is 6.97. The fourth-order valence-electron chi connectivity index (χ4n) is 1.89. The molecule has 1 nitrogen and oxygen atoms in total. The minimum atomic E-state index is 0.653. The molecule has 0 unspecified atom stereocenters. The smallest absolute Gasteiger partial charge is 0.0208 e. The first-order valence-corrected chi connectivity index (χ1v) is 7.30. The van der Waals surface area contributed by atoms with Gasteiger partial charge >= 0.3 is 0 Å². The number of thioether (sulfide) groups is 1. The molecule has 0 radical (unpaired) electrons. The number of aryl methyl sites for hydroxylation is 1. The Balaban J connectivity index is 2.58. The van der Waals surface area contributed by atoms with Crippen molar-refractivity contribution in [2.24, 2.45) is 0 Å². The second-order valence-corrected chi connectivity index (χ2v) is 5.05. The number of nitrogens with one attached hydrogen (secondary N) is 1. The maximum Gasteiger partial charge on any atom is 0.0208 e. The Morgan fingerprint density at radius 3 is 2.44 bits per heavy atom. The summed E-state index contributed by atoms with van der Waals surface area (Å²) in [5, 5.41) is 3.59. The molecule has 2 heteroatoms. The molecule has 0 aliphatic heterocycles. The van der Waals surface area contributed by atoms with Crippen molar-refractivity contribution < 1.29 is 0 Å². The summed E-state index contributed by atoms with van der Waals surface area (Å²) in [5.41, 5.74) is 2.78. The van der Waals surface area contributed by atoms with E-state index < -0.39 is 0 Å². The molecule has 16 heavy (non-hydrogen) atoms. The molecule has 1 aromatic carbocycles. The van der Waals surface area contributed by atoms with Crippen LogP contribution in [0.25, 0.3) is 0 Å². The van der Waals surface area contributed by atoms with Crippen molar-refractivity contribution in [1.29, 1.82) is 0 Å². The third-order valence-corrected chi connectivity index (χ3v) is 3.94. The normalized spacial score (nSPS) is 11.1. The zero-order chi connectivity index (χ0) is 12.0. The van der Waals surface area contributed by atoms with E-state index in [2.05, 4.69) is 50.5 Å². The largest absolute Gasteiger partial charge is 0.310 e. The summed E-state index contributed by atoms with van der Waals surface area (Å²) >= 11 is 1.82. The van der Waals surface area contributed by atoms with E-state index in [0.29, 0.717) is 6.04 Å². The van der Waals surface area contributed by atoms with Gasteiger partial charge in [0.15, 0.2) is 0 Å². The first-order chi connectivity index (χ1) is 7.71. The van der Waals surface area contributed by atoms with Gasteiger partial charge in [0.1, 0.15) is 0 Å². The highest BCUT2D eigenvalue weighted by molar-refractivity contribution is 7.98. The molecule has 0 spiro atoms. The first kappa shape index (κ1) is 13.6. The van der Waals surface area contributed by atoms with E-state index in [0.717, 1.165) is 6.54 Å². The van der Waals surface area contributed by atoms with E-state index in [1.54, 1.807) is 0 Å². The van der Waals surface area contributed by atoms with Gasteiger partial charge in [-0.15, -0.1) is 11.8 Å². The number of rotatable bonds is 6. The van der Waals surface area contributed by atoms with E-state index >= 15 is 0 Å². The highest BCUT2D eigenvalue weighted by Crippen LogP contribution is 2.20. The van der Waals surface area contributed by atoms with Crippen molar-refractivity contribution in [3.63, 3.8) is 0 Å². The fourth-order valence-corrected chi connectivity index (χ4v) is 2.48. The summed E-state index contributed by atoms with van der Waals surface area (Å²) in [6.07, 6.45) is 4.54. The summed E-state index contributed by atoms with van der Waals surface area (Å²) in [4.78, 5) is 1.38. The highest BCUT2D eigenvalue weighted by atomic mass is 32.2. The lowest BCUT2D eigenvalue weighted by Crippen LogP contribution is -2.26. The van der Waals surface area contributed by atoms with E-state index in [4.69, 9.17) is 0 Å². The lowest BCUT2D eigenvalue weighted by atomic mass is 10.1. The van der Waals surface area contributed by atoms with Crippen LogP contribution in [-0.4, -0.2) is 12.3 Å². The topological polar surface area (TPSA) is 12.0 Å². The van der Waals surface area contributed by atoms with Crippen molar-refractivity contribution in [2.75, 3.05) is 6.26 Å². The van der Waals surface area contributed by atoms with Gasteiger partial charge in [-0.25, -0.2) is 0 Å². The van der Waals surface area contributed by atoms with Gasteiger partial charge in [0.25, 0.3) is 0 Å². The number of hydrogen-bond acceptors (Lipinski definition) is 2. The molecule has 0 aliphatic carbocycles. The zero-order valence-corrected chi connectivity index (χ0v) is 11.7. The predicted octanol–water partition coefficient (Wildman–Crippen LogP) is 4.00. The summed E-state index contributed by atoms with van der Waals surface area (Å²) in [7, 11) is 0. The van der Waals surface area contributed by atoms with Gasteiger partial charge in [-0.05, 0) is 43.2 Å². The molecule has 0 amide bonds. The Labute approximate surface area is 104 Å². The highest BCUT2D eigenvalue weighted by Gasteiger charge is 2.03. The minimum Gasteiger partial charge on any atom is -0.310 e. The molecular formula is C14H23NS. The average Bonchev–Trinajstić information content (AvgIpc) is 2.30. The molecule has 0 aromatic heterocycles. The van der Waals surface area contributed by atoms with Crippen molar-refractivity contribution in [1.82, 2.24) is 5.32 Å². The summed E-state index contributed by atoms with van der Waals surface area (Å²) < 4.78 is 0. The summed E-state index contributed by atoms with van der Waals surface area (Å²) in [5.74, 6) is 0. The van der Waals surface area contributed by atoms with Crippen LogP contribution in [0, 0.1) is 6.92 Å². The van der Waals surface area contributed by atoms with Gasteiger partial charge in [0, 0.05) is 17.5 Å². The van der Waals surface area contributed by atoms with E-state index in [1.165, 1.54) is 28.9 Å².